The second-order valence-electron chi connectivity index (χ2n) is 7.97. The van der Waals surface area contributed by atoms with Crippen molar-refractivity contribution in [3.8, 4) is 0 Å². The lowest BCUT2D eigenvalue weighted by Gasteiger charge is -2.22. The highest BCUT2D eigenvalue weighted by Crippen LogP contribution is 2.15. The fourth-order valence-corrected chi connectivity index (χ4v) is 3.39. The SMILES string of the molecule is CCN(Cc1ccccc1)C(=O)c1cn(C(C)C)cc(C(=O)NC(C)c2ccco2)c1=O. The summed E-state index contributed by atoms with van der Waals surface area (Å²) in [6.45, 7) is 8.29. The molecule has 0 bridgehead atoms. The van der Waals surface area contributed by atoms with Crippen LogP contribution in [-0.2, 0) is 6.54 Å². The Labute approximate surface area is 187 Å². The Balaban J connectivity index is 1.94. The van der Waals surface area contributed by atoms with E-state index in [1.54, 1.807) is 28.5 Å². The minimum Gasteiger partial charge on any atom is -0.467 e. The molecule has 3 rings (SSSR count). The predicted octanol–water partition coefficient (Wildman–Crippen LogP) is 4.18. The maximum absolute atomic E-state index is 13.3. The van der Waals surface area contributed by atoms with Gasteiger partial charge in [0, 0.05) is 31.5 Å². The van der Waals surface area contributed by atoms with Crippen molar-refractivity contribution in [2.24, 2.45) is 0 Å². The Morgan fingerprint density at radius 2 is 1.72 bits per heavy atom. The highest BCUT2D eigenvalue weighted by Gasteiger charge is 2.24. The molecule has 2 heterocycles. The maximum atomic E-state index is 13.3. The standard InChI is InChI=1S/C25H29N3O4/c1-5-27(14-19-10-7-6-8-11-19)25(31)21-16-28(17(2)3)15-20(23(21)29)24(30)26-18(4)22-12-9-13-32-22/h6-13,15-18H,5,14H2,1-4H3,(H,26,30). The molecule has 0 radical (unpaired) electrons. The van der Waals surface area contributed by atoms with Gasteiger partial charge in [0.25, 0.3) is 11.8 Å². The second-order valence-corrected chi connectivity index (χ2v) is 7.97. The van der Waals surface area contributed by atoms with E-state index in [-0.39, 0.29) is 17.2 Å². The number of carbonyl (C=O) groups excluding carboxylic acids is 2. The minimum absolute atomic E-state index is 0.0187. The average molecular weight is 436 g/mol. The van der Waals surface area contributed by atoms with Gasteiger partial charge in [0.15, 0.2) is 0 Å². The van der Waals surface area contributed by atoms with Crippen LogP contribution in [0, 0.1) is 0 Å². The van der Waals surface area contributed by atoms with E-state index in [2.05, 4.69) is 5.32 Å². The molecule has 0 spiro atoms. The van der Waals surface area contributed by atoms with Crippen molar-refractivity contribution in [2.75, 3.05) is 6.54 Å². The zero-order valence-corrected chi connectivity index (χ0v) is 18.9. The van der Waals surface area contributed by atoms with Crippen LogP contribution in [0.4, 0.5) is 0 Å². The molecule has 7 nitrogen and oxygen atoms in total. The van der Waals surface area contributed by atoms with Crippen molar-refractivity contribution in [1.82, 2.24) is 14.8 Å². The van der Waals surface area contributed by atoms with E-state index in [4.69, 9.17) is 4.42 Å². The van der Waals surface area contributed by atoms with Gasteiger partial charge in [-0.3, -0.25) is 14.4 Å². The molecule has 0 saturated carbocycles. The number of amides is 2. The van der Waals surface area contributed by atoms with Gasteiger partial charge in [-0.2, -0.15) is 0 Å². The molecule has 32 heavy (non-hydrogen) atoms. The Morgan fingerprint density at radius 1 is 1.03 bits per heavy atom. The van der Waals surface area contributed by atoms with Crippen LogP contribution in [0.25, 0.3) is 0 Å². The van der Waals surface area contributed by atoms with Gasteiger partial charge in [-0.05, 0) is 45.4 Å². The van der Waals surface area contributed by atoms with E-state index in [1.165, 1.54) is 18.7 Å². The number of pyridine rings is 1. The molecule has 1 N–H and O–H groups in total. The van der Waals surface area contributed by atoms with Gasteiger partial charge in [0.1, 0.15) is 16.9 Å². The van der Waals surface area contributed by atoms with Crippen LogP contribution >= 0.6 is 0 Å². The number of furan rings is 1. The maximum Gasteiger partial charge on any atom is 0.259 e. The molecule has 0 fully saturated rings. The summed E-state index contributed by atoms with van der Waals surface area (Å²) in [5, 5.41) is 2.78. The normalized spacial score (nSPS) is 11.9. The van der Waals surface area contributed by atoms with Crippen molar-refractivity contribution in [2.45, 2.75) is 46.3 Å². The minimum atomic E-state index is -0.581. The van der Waals surface area contributed by atoms with Crippen LogP contribution < -0.4 is 10.7 Å². The van der Waals surface area contributed by atoms with E-state index in [0.717, 1.165) is 5.56 Å². The molecule has 3 aromatic rings. The first kappa shape index (κ1) is 23.1. The Bertz CT molecular complexity index is 1120. The summed E-state index contributed by atoms with van der Waals surface area (Å²) in [5.41, 5.74) is 0.295. The highest BCUT2D eigenvalue weighted by molar-refractivity contribution is 5.99. The lowest BCUT2D eigenvalue weighted by molar-refractivity contribution is 0.0750. The molecule has 0 aliphatic carbocycles. The van der Waals surface area contributed by atoms with Gasteiger partial charge in [-0.25, -0.2) is 0 Å². The Morgan fingerprint density at radius 3 is 2.31 bits per heavy atom. The van der Waals surface area contributed by atoms with Gasteiger partial charge in [0.2, 0.25) is 5.43 Å². The Hall–Kier alpha value is -3.61. The average Bonchev–Trinajstić information content (AvgIpc) is 3.33. The first-order valence-corrected chi connectivity index (χ1v) is 10.7. The highest BCUT2D eigenvalue weighted by atomic mass is 16.3. The van der Waals surface area contributed by atoms with Gasteiger partial charge in [0.05, 0.1) is 12.3 Å². The number of carbonyl (C=O) groups is 2. The summed E-state index contributed by atoms with van der Waals surface area (Å²) >= 11 is 0. The summed E-state index contributed by atoms with van der Waals surface area (Å²) in [5.74, 6) is -0.367. The molecule has 0 aliphatic heterocycles. The Kier molecular flexibility index (Phi) is 7.30. The van der Waals surface area contributed by atoms with Crippen molar-refractivity contribution < 1.29 is 14.0 Å². The molecule has 1 atom stereocenters. The summed E-state index contributed by atoms with van der Waals surface area (Å²) in [6, 6.07) is 12.6. The third kappa shape index (κ3) is 5.17. The molecule has 1 unspecified atom stereocenters. The second kappa shape index (κ2) is 10.1. The molecule has 0 saturated heterocycles. The van der Waals surface area contributed by atoms with Crippen LogP contribution in [0.3, 0.4) is 0 Å². The number of hydrogen-bond acceptors (Lipinski definition) is 4. The molecular weight excluding hydrogens is 406 g/mol. The molecule has 168 valence electrons. The summed E-state index contributed by atoms with van der Waals surface area (Å²) in [6.07, 6.45) is 4.56. The third-order valence-corrected chi connectivity index (χ3v) is 5.32. The van der Waals surface area contributed by atoms with Crippen LogP contribution in [0.15, 0.2) is 70.3 Å². The zero-order valence-electron chi connectivity index (χ0n) is 18.9. The van der Waals surface area contributed by atoms with Crippen molar-refractivity contribution in [3.63, 3.8) is 0 Å². The van der Waals surface area contributed by atoms with Crippen molar-refractivity contribution >= 4 is 11.8 Å². The van der Waals surface area contributed by atoms with Crippen LogP contribution in [-0.4, -0.2) is 27.8 Å². The van der Waals surface area contributed by atoms with E-state index < -0.39 is 23.3 Å². The zero-order chi connectivity index (χ0) is 23.3. The van der Waals surface area contributed by atoms with Crippen molar-refractivity contribution in [3.05, 3.63) is 93.8 Å². The third-order valence-electron chi connectivity index (χ3n) is 5.32. The predicted molar refractivity (Wildman–Crippen MR) is 123 cm³/mol. The topological polar surface area (TPSA) is 84.6 Å². The van der Waals surface area contributed by atoms with Crippen LogP contribution in [0.2, 0.25) is 0 Å². The lowest BCUT2D eigenvalue weighted by Crippen LogP contribution is -2.38. The number of rotatable bonds is 8. The fraction of sp³-hybridized carbons (Fsp3) is 0.320. The van der Waals surface area contributed by atoms with Gasteiger partial charge >= 0.3 is 0 Å². The van der Waals surface area contributed by atoms with Crippen LogP contribution in [0.1, 0.15) is 71.8 Å². The first-order chi connectivity index (χ1) is 15.3. The first-order valence-electron chi connectivity index (χ1n) is 10.7. The molecule has 1 aromatic carbocycles. The number of hydrogen-bond donors (Lipinski definition) is 1. The van der Waals surface area contributed by atoms with Gasteiger partial charge < -0.3 is 19.2 Å². The number of nitrogens with zero attached hydrogens (tertiary/aromatic N) is 2. The van der Waals surface area contributed by atoms with Gasteiger partial charge in [-0.1, -0.05) is 30.3 Å². The molecule has 7 heteroatoms. The number of aromatic nitrogens is 1. The summed E-state index contributed by atoms with van der Waals surface area (Å²) < 4.78 is 7.05. The fourth-order valence-electron chi connectivity index (χ4n) is 3.39. The van der Waals surface area contributed by atoms with Crippen molar-refractivity contribution in [1.29, 1.82) is 0 Å². The molecule has 2 amide bonds. The van der Waals surface area contributed by atoms with Crippen LogP contribution in [0.5, 0.6) is 0 Å². The lowest BCUT2D eigenvalue weighted by atomic mass is 10.1. The number of nitrogens with one attached hydrogen (secondary N) is 1. The quantitative estimate of drug-likeness (QED) is 0.575. The monoisotopic (exact) mass is 435 g/mol. The molecule has 0 aliphatic rings. The largest absolute Gasteiger partial charge is 0.467 e. The van der Waals surface area contributed by atoms with E-state index in [0.29, 0.717) is 18.8 Å². The number of benzene rings is 1. The molecular formula is C25H29N3O4. The van der Waals surface area contributed by atoms with E-state index in [9.17, 15) is 14.4 Å². The molecule has 2 aromatic heterocycles. The summed E-state index contributed by atoms with van der Waals surface area (Å²) in [4.78, 5) is 41.1. The van der Waals surface area contributed by atoms with E-state index >= 15 is 0 Å². The van der Waals surface area contributed by atoms with Gasteiger partial charge in [-0.15, -0.1) is 0 Å². The smallest absolute Gasteiger partial charge is 0.259 e. The summed E-state index contributed by atoms with van der Waals surface area (Å²) in [7, 11) is 0. The van der Waals surface area contributed by atoms with E-state index in [1.807, 2.05) is 51.1 Å².